The normalized spacial score (nSPS) is 10.5. The number of thioether (sulfide) groups is 1. The molecule has 25 heavy (non-hydrogen) atoms. The molecule has 0 saturated carbocycles. The van der Waals surface area contributed by atoms with Crippen LogP contribution in [0.4, 0.5) is 11.5 Å². The van der Waals surface area contributed by atoms with Gasteiger partial charge in [-0.3, -0.25) is 9.59 Å². The lowest BCUT2D eigenvalue weighted by molar-refractivity contribution is -0.114. The van der Waals surface area contributed by atoms with E-state index in [-0.39, 0.29) is 23.3 Å². The molecule has 0 aliphatic heterocycles. The maximum absolute atomic E-state index is 12.0. The first kappa shape index (κ1) is 19.0. The van der Waals surface area contributed by atoms with E-state index in [0.29, 0.717) is 11.6 Å². The molecular weight excluding hydrogens is 340 g/mol. The molecule has 0 spiro atoms. The Bertz CT molecular complexity index is 717. The number of hydrogen-bond donors (Lipinski definition) is 3. The smallest absolute Gasteiger partial charge is 0.235 e. The van der Waals surface area contributed by atoms with Crippen molar-refractivity contribution < 1.29 is 14.1 Å². The van der Waals surface area contributed by atoms with Crippen molar-refractivity contribution in [3.05, 3.63) is 41.7 Å². The fourth-order valence-electron chi connectivity index (χ4n) is 2.07. The first-order valence-corrected chi connectivity index (χ1v) is 9.12. The summed E-state index contributed by atoms with van der Waals surface area (Å²) in [5.74, 6) is 1.00. The van der Waals surface area contributed by atoms with Crippen LogP contribution in [0.3, 0.4) is 0 Å². The summed E-state index contributed by atoms with van der Waals surface area (Å²) in [6, 6.07) is 9.32. The Balaban J connectivity index is 1.70. The maximum atomic E-state index is 12.0. The molecule has 1 aromatic heterocycles. The highest BCUT2D eigenvalue weighted by Crippen LogP contribution is 2.12. The van der Waals surface area contributed by atoms with Crippen LogP contribution in [-0.2, 0) is 16.1 Å². The second kappa shape index (κ2) is 9.85. The summed E-state index contributed by atoms with van der Waals surface area (Å²) in [4.78, 5) is 23.7. The van der Waals surface area contributed by atoms with Crippen LogP contribution in [0.1, 0.15) is 18.2 Å². The summed E-state index contributed by atoms with van der Waals surface area (Å²) in [5, 5.41) is 12.4. The van der Waals surface area contributed by atoms with E-state index in [2.05, 4.69) is 21.1 Å². The number of aromatic nitrogens is 1. The summed E-state index contributed by atoms with van der Waals surface area (Å²) in [7, 11) is 0. The van der Waals surface area contributed by atoms with Crippen LogP contribution >= 0.6 is 11.8 Å². The summed E-state index contributed by atoms with van der Waals surface area (Å²) < 4.78 is 4.87. The topological polar surface area (TPSA) is 96.3 Å². The number of benzene rings is 1. The zero-order valence-corrected chi connectivity index (χ0v) is 15.1. The van der Waals surface area contributed by atoms with Gasteiger partial charge in [-0.15, -0.1) is 11.8 Å². The first-order valence-electron chi connectivity index (χ1n) is 7.97. The number of nitrogens with one attached hydrogen (secondary N) is 3. The molecule has 2 aromatic rings. The van der Waals surface area contributed by atoms with E-state index in [4.69, 9.17) is 4.52 Å². The molecule has 0 unspecified atom stereocenters. The van der Waals surface area contributed by atoms with Crippen LogP contribution in [0.25, 0.3) is 0 Å². The average Bonchev–Trinajstić information content (AvgIpc) is 2.98. The Hall–Kier alpha value is -2.32. The minimum Gasteiger partial charge on any atom is -0.360 e. The lowest BCUT2D eigenvalue weighted by Crippen LogP contribution is -2.18. The second-order valence-electron chi connectivity index (χ2n) is 5.39. The van der Waals surface area contributed by atoms with Gasteiger partial charge in [-0.1, -0.05) is 24.2 Å². The number of carbonyl (C=O) groups excluding carboxylic acids is 2. The van der Waals surface area contributed by atoms with E-state index >= 15 is 0 Å². The summed E-state index contributed by atoms with van der Waals surface area (Å²) in [6.45, 7) is 5.44. The predicted molar refractivity (Wildman–Crippen MR) is 99.6 cm³/mol. The van der Waals surface area contributed by atoms with Crippen molar-refractivity contribution in [2.24, 2.45) is 0 Å². The Labute approximate surface area is 150 Å². The fraction of sp³-hybridized carbons (Fsp3) is 0.353. The van der Waals surface area contributed by atoms with E-state index < -0.39 is 0 Å². The number of aryl methyl sites for hydroxylation is 1. The molecule has 2 rings (SSSR count). The van der Waals surface area contributed by atoms with Gasteiger partial charge in [0, 0.05) is 18.3 Å². The molecule has 1 aromatic carbocycles. The minimum atomic E-state index is -0.223. The van der Waals surface area contributed by atoms with Gasteiger partial charge >= 0.3 is 0 Å². The molecule has 0 aliphatic rings. The van der Waals surface area contributed by atoms with E-state index in [0.717, 1.165) is 24.3 Å². The van der Waals surface area contributed by atoms with E-state index in [1.54, 1.807) is 13.0 Å². The lowest BCUT2D eigenvalue weighted by Gasteiger charge is -2.08. The third-order valence-electron chi connectivity index (χ3n) is 3.15. The second-order valence-corrected chi connectivity index (χ2v) is 6.38. The molecule has 8 heteroatoms. The van der Waals surface area contributed by atoms with Gasteiger partial charge in [-0.25, -0.2) is 0 Å². The highest BCUT2D eigenvalue weighted by atomic mass is 32.2. The van der Waals surface area contributed by atoms with Gasteiger partial charge in [0.1, 0.15) is 5.76 Å². The van der Waals surface area contributed by atoms with Gasteiger partial charge in [-0.05, 0) is 31.2 Å². The molecule has 2 amide bonds. The molecule has 0 radical (unpaired) electrons. The standard InChI is InChI=1S/C17H22N4O3S/c1-3-18-9-13-5-4-6-14(8-13)19-16(22)10-25-11-17(23)20-15-7-12(2)24-21-15/h4-8,18H,3,9-11H2,1-2H3,(H,19,22)(H,20,21,23). The van der Waals surface area contributed by atoms with Gasteiger partial charge in [0.05, 0.1) is 11.5 Å². The monoisotopic (exact) mass is 362 g/mol. The predicted octanol–water partition coefficient (Wildman–Crippen LogP) is 2.40. The van der Waals surface area contributed by atoms with Crippen LogP contribution in [0.5, 0.6) is 0 Å². The van der Waals surface area contributed by atoms with Crippen molar-refractivity contribution in [2.45, 2.75) is 20.4 Å². The number of nitrogens with zero attached hydrogens (tertiary/aromatic N) is 1. The van der Waals surface area contributed by atoms with Gasteiger partial charge in [0.15, 0.2) is 5.82 Å². The van der Waals surface area contributed by atoms with Crippen molar-refractivity contribution >= 4 is 35.1 Å². The molecule has 7 nitrogen and oxygen atoms in total. The molecule has 1 heterocycles. The van der Waals surface area contributed by atoms with Gasteiger partial charge in [0.25, 0.3) is 0 Å². The van der Waals surface area contributed by atoms with E-state index in [1.165, 1.54) is 11.8 Å². The quantitative estimate of drug-likeness (QED) is 0.634. The van der Waals surface area contributed by atoms with Gasteiger partial charge in [0.2, 0.25) is 11.8 Å². The molecule has 0 atom stereocenters. The molecular formula is C17H22N4O3S. The zero-order chi connectivity index (χ0) is 18.1. The molecule has 0 aliphatic carbocycles. The Morgan fingerprint density at radius 3 is 2.60 bits per heavy atom. The van der Waals surface area contributed by atoms with Crippen LogP contribution in [-0.4, -0.2) is 35.0 Å². The zero-order valence-electron chi connectivity index (χ0n) is 14.3. The summed E-state index contributed by atoms with van der Waals surface area (Å²) >= 11 is 1.24. The molecule has 0 fully saturated rings. The third kappa shape index (κ3) is 6.98. The minimum absolute atomic E-state index is 0.143. The largest absolute Gasteiger partial charge is 0.360 e. The molecule has 0 saturated heterocycles. The number of amides is 2. The van der Waals surface area contributed by atoms with Crippen molar-refractivity contribution in [1.82, 2.24) is 10.5 Å². The van der Waals surface area contributed by atoms with E-state index in [9.17, 15) is 9.59 Å². The molecule has 134 valence electrons. The highest BCUT2D eigenvalue weighted by Gasteiger charge is 2.09. The Kier molecular flexibility index (Phi) is 7.49. The third-order valence-corrected chi connectivity index (χ3v) is 4.08. The van der Waals surface area contributed by atoms with Crippen LogP contribution in [0, 0.1) is 6.92 Å². The molecule has 0 bridgehead atoms. The number of carbonyl (C=O) groups is 2. The van der Waals surface area contributed by atoms with E-state index in [1.807, 2.05) is 31.2 Å². The van der Waals surface area contributed by atoms with Crippen LogP contribution in [0.15, 0.2) is 34.9 Å². The average molecular weight is 362 g/mol. The summed E-state index contributed by atoms with van der Waals surface area (Å²) in [5.41, 5.74) is 1.86. The van der Waals surface area contributed by atoms with Gasteiger partial charge < -0.3 is 20.5 Å². The van der Waals surface area contributed by atoms with Crippen molar-refractivity contribution in [3.63, 3.8) is 0 Å². The Morgan fingerprint density at radius 1 is 1.16 bits per heavy atom. The van der Waals surface area contributed by atoms with Crippen molar-refractivity contribution in [1.29, 1.82) is 0 Å². The SMILES string of the molecule is CCNCc1cccc(NC(=O)CSCC(=O)Nc2cc(C)on2)c1. The molecule has 3 N–H and O–H groups in total. The van der Waals surface area contributed by atoms with Crippen molar-refractivity contribution in [3.8, 4) is 0 Å². The lowest BCUT2D eigenvalue weighted by atomic mass is 10.2. The highest BCUT2D eigenvalue weighted by molar-refractivity contribution is 8.00. The number of rotatable bonds is 9. The number of anilines is 2. The van der Waals surface area contributed by atoms with Crippen LogP contribution in [0.2, 0.25) is 0 Å². The number of hydrogen-bond acceptors (Lipinski definition) is 6. The van der Waals surface area contributed by atoms with Crippen molar-refractivity contribution in [2.75, 3.05) is 28.7 Å². The first-order chi connectivity index (χ1) is 12.1. The van der Waals surface area contributed by atoms with Gasteiger partial charge in [-0.2, -0.15) is 0 Å². The maximum Gasteiger partial charge on any atom is 0.235 e. The summed E-state index contributed by atoms with van der Waals surface area (Å²) in [6.07, 6.45) is 0. The van der Waals surface area contributed by atoms with Crippen LogP contribution < -0.4 is 16.0 Å². The Morgan fingerprint density at radius 2 is 1.92 bits per heavy atom. The fourth-order valence-corrected chi connectivity index (χ4v) is 2.68.